The van der Waals surface area contributed by atoms with Crippen LogP contribution in [0.25, 0.3) is 10.8 Å². The molecule has 21 heavy (non-hydrogen) atoms. The molecule has 0 heterocycles. The van der Waals surface area contributed by atoms with E-state index in [1.165, 1.54) is 17.5 Å². The van der Waals surface area contributed by atoms with E-state index in [9.17, 15) is 4.39 Å². The summed E-state index contributed by atoms with van der Waals surface area (Å²) in [7, 11) is 0. The fourth-order valence-electron chi connectivity index (χ4n) is 2.42. The first kappa shape index (κ1) is 14.6. The van der Waals surface area contributed by atoms with Crippen LogP contribution in [-0.2, 0) is 6.42 Å². The van der Waals surface area contributed by atoms with Gasteiger partial charge in [0.05, 0.1) is 5.38 Å². The summed E-state index contributed by atoms with van der Waals surface area (Å²) in [5.74, 6) is -0.222. The van der Waals surface area contributed by atoms with Gasteiger partial charge in [-0.05, 0) is 58.7 Å². The van der Waals surface area contributed by atoms with E-state index in [1.54, 1.807) is 6.07 Å². The van der Waals surface area contributed by atoms with Crippen LogP contribution < -0.4 is 0 Å². The normalized spacial score (nSPS) is 12.5. The summed E-state index contributed by atoms with van der Waals surface area (Å²) in [6, 6.07) is 18.9. The number of fused-ring (bicyclic) bond motifs is 1. The highest BCUT2D eigenvalue weighted by Crippen LogP contribution is 2.29. The van der Waals surface area contributed by atoms with Gasteiger partial charge < -0.3 is 0 Å². The first-order chi connectivity index (χ1) is 10.1. The van der Waals surface area contributed by atoms with Crippen LogP contribution in [0, 0.1) is 5.82 Å². The van der Waals surface area contributed by atoms with Gasteiger partial charge in [0, 0.05) is 4.47 Å². The molecule has 0 spiro atoms. The Balaban J connectivity index is 1.87. The van der Waals surface area contributed by atoms with E-state index in [-0.39, 0.29) is 11.2 Å². The monoisotopic (exact) mass is 362 g/mol. The van der Waals surface area contributed by atoms with Crippen LogP contribution in [0.1, 0.15) is 16.5 Å². The Morgan fingerprint density at radius 1 is 0.952 bits per heavy atom. The van der Waals surface area contributed by atoms with Crippen molar-refractivity contribution in [3.63, 3.8) is 0 Å². The van der Waals surface area contributed by atoms with Crippen molar-refractivity contribution in [2.24, 2.45) is 0 Å². The van der Waals surface area contributed by atoms with Crippen molar-refractivity contribution >= 4 is 38.3 Å². The quantitative estimate of drug-likeness (QED) is 0.481. The minimum Gasteiger partial charge on any atom is -0.207 e. The van der Waals surface area contributed by atoms with Crippen molar-refractivity contribution < 1.29 is 4.39 Å². The molecule has 1 atom stereocenters. The molecule has 1 unspecified atom stereocenters. The lowest BCUT2D eigenvalue weighted by molar-refractivity contribution is 0.625. The van der Waals surface area contributed by atoms with Crippen molar-refractivity contribution in [2.45, 2.75) is 11.8 Å². The predicted molar refractivity (Wildman–Crippen MR) is 90.3 cm³/mol. The molecule has 3 rings (SSSR count). The molecule has 0 amide bonds. The Morgan fingerprint density at radius 2 is 1.71 bits per heavy atom. The Labute approximate surface area is 136 Å². The molecule has 0 aliphatic carbocycles. The van der Waals surface area contributed by atoms with Crippen molar-refractivity contribution in [3.8, 4) is 0 Å². The van der Waals surface area contributed by atoms with Gasteiger partial charge in [0.15, 0.2) is 0 Å². The third-order valence-electron chi connectivity index (χ3n) is 3.49. The fourth-order valence-corrected chi connectivity index (χ4v) is 3.11. The van der Waals surface area contributed by atoms with Gasteiger partial charge in [-0.3, -0.25) is 0 Å². The average molecular weight is 364 g/mol. The lowest BCUT2D eigenvalue weighted by Gasteiger charge is -2.11. The number of hydrogen-bond acceptors (Lipinski definition) is 0. The third-order valence-corrected chi connectivity index (χ3v) is 4.39. The number of halogens is 3. The van der Waals surface area contributed by atoms with Crippen LogP contribution >= 0.6 is 27.5 Å². The van der Waals surface area contributed by atoms with Gasteiger partial charge in [-0.15, -0.1) is 11.6 Å². The van der Waals surface area contributed by atoms with Crippen LogP contribution in [-0.4, -0.2) is 0 Å². The molecular weight excluding hydrogens is 351 g/mol. The summed E-state index contributed by atoms with van der Waals surface area (Å²) in [4.78, 5) is 0. The third kappa shape index (κ3) is 3.45. The molecule has 106 valence electrons. The smallest absolute Gasteiger partial charge is 0.123 e. The highest BCUT2D eigenvalue weighted by atomic mass is 79.9. The van der Waals surface area contributed by atoms with Crippen LogP contribution in [0.15, 0.2) is 65.1 Å². The maximum absolute atomic E-state index is 13.2. The van der Waals surface area contributed by atoms with Crippen LogP contribution in [0.4, 0.5) is 4.39 Å². The summed E-state index contributed by atoms with van der Waals surface area (Å²) in [5.41, 5.74) is 1.96. The van der Waals surface area contributed by atoms with E-state index in [2.05, 4.69) is 40.2 Å². The first-order valence-electron chi connectivity index (χ1n) is 6.69. The summed E-state index contributed by atoms with van der Waals surface area (Å²) < 4.78 is 14.3. The van der Waals surface area contributed by atoms with E-state index in [0.717, 1.165) is 21.0 Å². The molecule has 0 aliphatic rings. The molecule has 0 aromatic heterocycles. The molecule has 0 bridgehead atoms. The zero-order valence-electron chi connectivity index (χ0n) is 11.2. The topological polar surface area (TPSA) is 0 Å². The average Bonchev–Trinajstić information content (AvgIpc) is 2.46. The van der Waals surface area contributed by atoms with E-state index in [0.29, 0.717) is 6.42 Å². The van der Waals surface area contributed by atoms with Gasteiger partial charge >= 0.3 is 0 Å². The van der Waals surface area contributed by atoms with Crippen molar-refractivity contribution in [2.75, 3.05) is 0 Å². The summed E-state index contributed by atoms with van der Waals surface area (Å²) in [5, 5.41) is 2.16. The minimum atomic E-state index is -0.222. The van der Waals surface area contributed by atoms with Gasteiger partial charge in [-0.25, -0.2) is 4.39 Å². The number of benzene rings is 3. The molecule has 0 saturated heterocycles. The predicted octanol–water partition coefficient (Wildman–Crippen LogP) is 6.26. The maximum atomic E-state index is 13.2. The van der Waals surface area contributed by atoms with Gasteiger partial charge in [-0.1, -0.05) is 46.3 Å². The second kappa shape index (κ2) is 6.17. The van der Waals surface area contributed by atoms with Crippen molar-refractivity contribution in [3.05, 3.63) is 82.1 Å². The maximum Gasteiger partial charge on any atom is 0.123 e. The van der Waals surface area contributed by atoms with E-state index in [1.807, 2.05) is 18.2 Å². The summed E-state index contributed by atoms with van der Waals surface area (Å²) >= 11 is 9.96. The Hall–Kier alpha value is -1.38. The second-order valence-corrected chi connectivity index (χ2v) is 6.49. The van der Waals surface area contributed by atoms with Gasteiger partial charge in [0.1, 0.15) is 5.82 Å². The molecule has 0 fully saturated rings. The van der Waals surface area contributed by atoms with Crippen LogP contribution in [0.5, 0.6) is 0 Å². The zero-order chi connectivity index (χ0) is 14.8. The molecule has 0 nitrogen and oxygen atoms in total. The standard InChI is InChI=1S/C18H13BrClF/c19-16-7-6-13-10-15(5-4-14(13)11-16)18(20)9-12-2-1-3-17(21)8-12/h1-8,10-11,18H,9H2. The fraction of sp³-hybridized carbons (Fsp3) is 0.111. The number of hydrogen-bond donors (Lipinski definition) is 0. The Kier molecular flexibility index (Phi) is 4.27. The lowest BCUT2D eigenvalue weighted by Crippen LogP contribution is -1.96. The van der Waals surface area contributed by atoms with E-state index in [4.69, 9.17) is 11.6 Å². The first-order valence-corrected chi connectivity index (χ1v) is 7.92. The Bertz CT molecular complexity index is 785. The molecule has 0 saturated carbocycles. The summed E-state index contributed by atoms with van der Waals surface area (Å²) in [6.45, 7) is 0. The van der Waals surface area contributed by atoms with Gasteiger partial charge in [0.25, 0.3) is 0 Å². The molecular formula is C18H13BrClF. The number of rotatable bonds is 3. The SMILES string of the molecule is Fc1cccc(CC(Cl)c2ccc3cc(Br)ccc3c2)c1. The van der Waals surface area contributed by atoms with Gasteiger partial charge in [-0.2, -0.15) is 0 Å². The largest absolute Gasteiger partial charge is 0.207 e. The summed E-state index contributed by atoms with van der Waals surface area (Å²) in [6.07, 6.45) is 0.612. The number of alkyl halides is 1. The molecule has 3 aromatic rings. The minimum absolute atomic E-state index is 0.167. The van der Waals surface area contributed by atoms with E-state index >= 15 is 0 Å². The Morgan fingerprint density at radius 3 is 2.52 bits per heavy atom. The molecule has 0 aliphatic heterocycles. The van der Waals surface area contributed by atoms with E-state index < -0.39 is 0 Å². The van der Waals surface area contributed by atoms with Crippen molar-refractivity contribution in [1.82, 2.24) is 0 Å². The zero-order valence-corrected chi connectivity index (χ0v) is 13.5. The molecule has 0 N–H and O–H groups in total. The highest BCUT2D eigenvalue weighted by Gasteiger charge is 2.10. The molecule has 0 radical (unpaired) electrons. The lowest BCUT2D eigenvalue weighted by atomic mass is 10.0. The van der Waals surface area contributed by atoms with Gasteiger partial charge in [0.2, 0.25) is 0 Å². The highest BCUT2D eigenvalue weighted by molar-refractivity contribution is 9.10. The second-order valence-electron chi connectivity index (χ2n) is 5.05. The van der Waals surface area contributed by atoms with Crippen LogP contribution in [0.2, 0.25) is 0 Å². The van der Waals surface area contributed by atoms with Crippen molar-refractivity contribution in [1.29, 1.82) is 0 Å². The molecule has 3 heteroatoms. The van der Waals surface area contributed by atoms with Crippen LogP contribution in [0.3, 0.4) is 0 Å². The molecule has 3 aromatic carbocycles.